The Morgan fingerprint density at radius 3 is 2.81 bits per heavy atom. The molecule has 164 valence electrons. The number of hydrogen-bond donors (Lipinski definition) is 2. The van der Waals surface area contributed by atoms with E-state index in [0.29, 0.717) is 36.1 Å². The van der Waals surface area contributed by atoms with E-state index in [2.05, 4.69) is 20.6 Å². The molecule has 32 heavy (non-hydrogen) atoms. The monoisotopic (exact) mass is 449 g/mol. The molecule has 2 N–H and O–H groups in total. The lowest BCUT2D eigenvalue weighted by molar-refractivity contribution is -0.120. The van der Waals surface area contributed by atoms with Gasteiger partial charge in [-0.05, 0) is 48.9 Å². The normalized spacial score (nSPS) is 10.8. The van der Waals surface area contributed by atoms with Gasteiger partial charge < -0.3 is 19.9 Å². The number of anilines is 2. The Balaban J connectivity index is 1.53. The standard InChI is InChI=1S/C24H24ClN5O2/c1-3-22(31)26-10-12-30-11-9-20-23(30)24(28-15-27-20)29-17-7-8-21(19(25)14-17)32-18-6-4-5-16(2)13-18/h4-9,11,13-15H,3,10,12H2,1-2H3,(H,26,31)(H,27,28,29). The third-order valence-corrected chi connectivity index (χ3v) is 5.25. The van der Waals surface area contributed by atoms with Crippen LogP contribution in [0.25, 0.3) is 11.0 Å². The predicted octanol–water partition coefficient (Wildman–Crippen LogP) is 5.46. The lowest BCUT2D eigenvalue weighted by Crippen LogP contribution is -2.26. The maximum absolute atomic E-state index is 11.5. The van der Waals surface area contributed by atoms with E-state index in [-0.39, 0.29) is 5.91 Å². The Kier molecular flexibility index (Phi) is 6.56. The van der Waals surface area contributed by atoms with E-state index in [0.717, 1.165) is 28.0 Å². The molecular formula is C24H24ClN5O2. The first kappa shape index (κ1) is 21.6. The third-order valence-electron chi connectivity index (χ3n) is 4.96. The van der Waals surface area contributed by atoms with Gasteiger partial charge in [-0.15, -0.1) is 0 Å². The summed E-state index contributed by atoms with van der Waals surface area (Å²) in [5, 5.41) is 6.70. The number of hydrogen-bond acceptors (Lipinski definition) is 5. The van der Waals surface area contributed by atoms with Gasteiger partial charge in [0.2, 0.25) is 5.91 Å². The number of amides is 1. The smallest absolute Gasteiger partial charge is 0.219 e. The average Bonchev–Trinajstić information content (AvgIpc) is 3.20. The second kappa shape index (κ2) is 9.70. The number of fused-ring (bicyclic) bond motifs is 1. The number of nitrogens with zero attached hydrogens (tertiary/aromatic N) is 3. The fourth-order valence-electron chi connectivity index (χ4n) is 3.36. The summed E-state index contributed by atoms with van der Waals surface area (Å²) < 4.78 is 7.94. The Morgan fingerprint density at radius 2 is 2.03 bits per heavy atom. The van der Waals surface area contributed by atoms with E-state index < -0.39 is 0 Å². The average molecular weight is 450 g/mol. The minimum atomic E-state index is 0.0266. The first-order chi connectivity index (χ1) is 15.5. The number of carbonyl (C=O) groups is 1. The SMILES string of the molecule is CCC(=O)NCCn1ccc2ncnc(Nc3ccc(Oc4cccc(C)c4)c(Cl)c3)c21. The summed E-state index contributed by atoms with van der Waals surface area (Å²) in [4.78, 5) is 20.3. The number of aromatic nitrogens is 3. The quantitative estimate of drug-likeness (QED) is 0.373. The molecule has 2 aromatic heterocycles. The molecule has 0 unspecified atom stereocenters. The second-order valence-corrected chi connectivity index (χ2v) is 7.76. The maximum atomic E-state index is 11.5. The molecule has 0 saturated heterocycles. The van der Waals surface area contributed by atoms with Crippen molar-refractivity contribution in [3.63, 3.8) is 0 Å². The van der Waals surface area contributed by atoms with Gasteiger partial charge in [-0.1, -0.05) is 30.7 Å². The van der Waals surface area contributed by atoms with E-state index in [4.69, 9.17) is 16.3 Å². The fraction of sp³-hybridized carbons (Fsp3) is 0.208. The zero-order valence-corrected chi connectivity index (χ0v) is 18.7. The molecule has 7 nitrogen and oxygen atoms in total. The molecule has 0 fully saturated rings. The molecule has 0 aliphatic heterocycles. The van der Waals surface area contributed by atoms with Crippen molar-refractivity contribution in [2.45, 2.75) is 26.8 Å². The number of carbonyl (C=O) groups excluding carboxylic acids is 1. The lowest BCUT2D eigenvalue weighted by Gasteiger charge is -2.13. The summed E-state index contributed by atoms with van der Waals surface area (Å²) in [6.45, 7) is 4.99. The van der Waals surface area contributed by atoms with Crippen molar-refractivity contribution in [1.82, 2.24) is 19.9 Å². The molecule has 8 heteroatoms. The molecule has 1 amide bonds. The summed E-state index contributed by atoms with van der Waals surface area (Å²) in [5.74, 6) is 1.99. The van der Waals surface area contributed by atoms with Crippen molar-refractivity contribution in [3.05, 3.63) is 71.6 Å². The van der Waals surface area contributed by atoms with Crippen molar-refractivity contribution in [3.8, 4) is 11.5 Å². The molecule has 2 heterocycles. The highest BCUT2D eigenvalue weighted by Crippen LogP contribution is 2.33. The maximum Gasteiger partial charge on any atom is 0.219 e. The van der Waals surface area contributed by atoms with E-state index in [1.54, 1.807) is 6.07 Å². The first-order valence-corrected chi connectivity index (χ1v) is 10.8. The van der Waals surface area contributed by atoms with Crippen LogP contribution in [0.2, 0.25) is 5.02 Å². The number of benzene rings is 2. The van der Waals surface area contributed by atoms with Crippen molar-refractivity contribution < 1.29 is 9.53 Å². The fourth-order valence-corrected chi connectivity index (χ4v) is 3.57. The zero-order chi connectivity index (χ0) is 22.5. The van der Waals surface area contributed by atoms with E-state index in [1.165, 1.54) is 6.33 Å². The predicted molar refractivity (Wildman–Crippen MR) is 127 cm³/mol. The highest BCUT2D eigenvalue weighted by Gasteiger charge is 2.11. The van der Waals surface area contributed by atoms with E-state index >= 15 is 0 Å². The van der Waals surface area contributed by atoms with Gasteiger partial charge in [-0.2, -0.15) is 0 Å². The van der Waals surface area contributed by atoms with Gasteiger partial charge >= 0.3 is 0 Å². The van der Waals surface area contributed by atoms with Gasteiger partial charge in [0.15, 0.2) is 5.82 Å². The minimum Gasteiger partial charge on any atom is -0.456 e. The van der Waals surface area contributed by atoms with Crippen LogP contribution < -0.4 is 15.4 Å². The summed E-state index contributed by atoms with van der Waals surface area (Å²) in [6, 6.07) is 15.2. The van der Waals surface area contributed by atoms with Crippen molar-refractivity contribution in [1.29, 1.82) is 0 Å². The van der Waals surface area contributed by atoms with E-state index in [9.17, 15) is 4.79 Å². The highest BCUT2D eigenvalue weighted by atomic mass is 35.5. The molecule has 0 saturated carbocycles. The van der Waals surface area contributed by atoms with Gasteiger partial charge in [0.05, 0.1) is 10.5 Å². The second-order valence-electron chi connectivity index (χ2n) is 7.36. The molecule has 0 aliphatic carbocycles. The largest absolute Gasteiger partial charge is 0.456 e. The topological polar surface area (TPSA) is 81.1 Å². The molecule has 0 atom stereocenters. The minimum absolute atomic E-state index is 0.0266. The number of ether oxygens (including phenoxy) is 1. The Labute approximate surface area is 191 Å². The molecule has 0 bridgehead atoms. The molecule has 2 aromatic carbocycles. The Hall–Kier alpha value is -3.58. The molecule has 0 radical (unpaired) electrons. The van der Waals surface area contributed by atoms with Crippen LogP contribution in [0.1, 0.15) is 18.9 Å². The van der Waals surface area contributed by atoms with Crippen LogP contribution in [0.15, 0.2) is 61.1 Å². The number of rotatable bonds is 8. The summed E-state index contributed by atoms with van der Waals surface area (Å²) >= 11 is 6.48. The summed E-state index contributed by atoms with van der Waals surface area (Å²) in [7, 11) is 0. The van der Waals surface area contributed by atoms with Crippen LogP contribution in [-0.2, 0) is 11.3 Å². The van der Waals surface area contributed by atoms with Crippen LogP contribution in [-0.4, -0.2) is 27.0 Å². The molecule has 4 aromatic rings. The van der Waals surface area contributed by atoms with Crippen molar-refractivity contribution in [2.75, 3.05) is 11.9 Å². The molecule has 4 rings (SSSR count). The van der Waals surface area contributed by atoms with Crippen LogP contribution in [0.5, 0.6) is 11.5 Å². The lowest BCUT2D eigenvalue weighted by atomic mass is 10.2. The van der Waals surface area contributed by atoms with Gasteiger partial charge in [-0.25, -0.2) is 9.97 Å². The molecular weight excluding hydrogens is 426 g/mol. The zero-order valence-electron chi connectivity index (χ0n) is 17.9. The Morgan fingerprint density at radius 1 is 1.16 bits per heavy atom. The first-order valence-electron chi connectivity index (χ1n) is 10.4. The van der Waals surface area contributed by atoms with Crippen molar-refractivity contribution >= 4 is 40.0 Å². The molecule has 0 spiro atoms. The van der Waals surface area contributed by atoms with Gasteiger partial charge in [0, 0.05) is 31.4 Å². The number of nitrogens with one attached hydrogen (secondary N) is 2. The van der Waals surface area contributed by atoms with Crippen molar-refractivity contribution in [2.24, 2.45) is 0 Å². The van der Waals surface area contributed by atoms with Gasteiger partial charge in [-0.3, -0.25) is 4.79 Å². The van der Waals surface area contributed by atoms with Gasteiger partial charge in [0.1, 0.15) is 23.3 Å². The number of halogens is 1. The van der Waals surface area contributed by atoms with Crippen LogP contribution in [0.4, 0.5) is 11.5 Å². The number of aryl methyl sites for hydroxylation is 1. The third kappa shape index (κ3) is 5.00. The Bertz CT molecular complexity index is 1250. The highest BCUT2D eigenvalue weighted by molar-refractivity contribution is 6.32. The van der Waals surface area contributed by atoms with Gasteiger partial charge in [0.25, 0.3) is 0 Å². The van der Waals surface area contributed by atoms with E-state index in [1.807, 2.05) is 67.1 Å². The summed E-state index contributed by atoms with van der Waals surface area (Å²) in [6.07, 6.45) is 3.92. The van der Waals surface area contributed by atoms with Crippen LogP contribution in [0.3, 0.4) is 0 Å². The van der Waals surface area contributed by atoms with Crippen LogP contribution >= 0.6 is 11.6 Å². The molecule has 0 aliphatic rings. The van der Waals surface area contributed by atoms with Crippen LogP contribution in [0, 0.1) is 6.92 Å². The summed E-state index contributed by atoms with van der Waals surface area (Å²) in [5.41, 5.74) is 3.56.